The van der Waals surface area contributed by atoms with Crippen molar-refractivity contribution in [3.8, 4) is 0 Å². The van der Waals surface area contributed by atoms with Crippen LogP contribution in [0.1, 0.15) is 15.9 Å². The van der Waals surface area contributed by atoms with Gasteiger partial charge in [-0.1, -0.05) is 30.3 Å². The third-order valence-corrected chi connectivity index (χ3v) is 2.85. The molecule has 1 aliphatic rings. The van der Waals surface area contributed by atoms with E-state index in [1.807, 2.05) is 12.1 Å². The molecule has 1 aliphatic carbocycles. The topological polar surface area (TPSA) is 34.1 Å². The summed E-state index contributed by atoms with van der Waals surface area (Å²) in [5.41, 5.74) is 1.64. The molecule has 0 N–H and O–H groups in total. The Kier molecular flexibility index (Phi) is 1.54. The molecule has 0 saturated heterocycles. The zero-order valence-electron chi connectivity index (χ0n) is 7.99. The molecule has 2 heteroatoms. The molecule has 0 saturated carbocycles. The van der Waals surface area contributed by atoms with Crippen LogP contribution in [0.4, 0.5) is 0 Å². The number of carbonyl (C=O) groups is 1. The van der Waals surface area contributed by atoms with Crippen molar-refractivity contribution in [2.24, 2.45) is 0 Å². The van der Waals surface area contributed by atoms with E-state index in [0.29, 0.717) is 17.4 Å². The summed E-state index contributed by atoms with van der Waals surface area (Å²) in [4.78, 5) is 23.4. The smallest absolute Gasteiger partial charge is 0.186 e. The molecule has 0 aromatic heterocycles. The molecule has 2 nitrogen and oxygen atoms in total. The van der Waals surface area contributed by atoms with Crippen LogP contribution in [0.5, 0.6) is 0 Å². The van der Waals surface area contributed by atoms with E-state index >= 15 is 0 Å². The lowest BCUT2D eigenvalue weighted by molar-refractivity contribution is 0.1000. The Balaban J connectivity index is 2.69. The van der Waals surface area contributed by atoms with E-state index < -0.39 is 0 Å². The van der Waals surface area contributed by atoms with Gasteiger partial charge in [-0.15, -0.1) is 0 Å². The Morgan fingerprint density at radius 2 is 1.73 bits per heavy atom. The van der Waals surface area contributed by atoms with Gasteiger partial charge in [0.1, 0.15) is 0 Å². The number of Topliss-reactive ketones (excluding diaryl/α,β-unsaturated/α-hetero) is 1. The highest BCUT2D eigenvalue weighted by Crippen LogP contribution is 2.27. The van der Waals surface area contributed by atoms with Gasteiger partial charge in [-0.25, -0.2) is 0 Å². The van der Waals surface area contributed by atoms with Crippen molar-refractivity contribution in [1.82, 2.24) is 0 Å². The van der Waals surface area contributed by atoms with Crippen molar-refractivity contribution in [3.05, 3.63) is 57.7 Å². The molecule has 0 bridgehead atoms. The molecule has 0 aliphatic heterocycles. The first-order valence-electron chi connectivity index (χ1n) is 4.85. The largest absolute Gasteiger partial charge is 0.294 e. The Hall–Kier alpha value is -1.96. The first-order chi connectivity index (χ1) is 7.27. The molecule has 0 heterocycles. The molecule has 3 rings (SSSR count). The molecule has 0 unspecified atom stereocenters. The van der Waals surface area contributed by atoms with E-state index in [9.17, 15) is 9.59 Å². The van der Waals surface area contributed by atoms with E-state index in [0.717, 1.165) is 10.9 Å². The van der Waals surface area contributed by atoms with E-state index in [2.05, 4.69) is 0 Å². The highest BCUT2D eigenvalue weighted by atomic mass is 16.1. The minimum Gasteiger partial charge on any atom is -0.294 e. The average Bonchev–Trinajstić information content (AvgIpc) is 2.43. The summed E-state index contributed by atoms with van der Waals surface area (Å²) in [6, 6.07) is 10.4. The summed E-state index contributed by atoms with van der Waals surface area (Å²) < 4.78 is 0. The van der Waals surface area contributed by atoms with E-state index in [1.165, 1.54) is 6.07 Å². The van der Waals surface area contributed by atoms with Gasteiger partial charge in [0.15, 0.2) is 11.2 Å². The van der Waals surface area contributed by atoms with Crippen LogP contribution >= 0.6 is 0 Å². The fraction of sp³-hybridized carbons (Fsp3) is 0.0769. The molecule has 72 valence electrons. The maximum atomic E-state index is 11.7. The maximum absolute atomic E-state index is 11.7. The van der Waals surface area contributed by atoms with Crippen molar-refractivity contribution >= 4 is 16.6 Å². The molecule has 2 aromatic carbocycles. The third-order valence-electron chi connectivity index (χ3n) is 2.85. The van der Waals surface area contributed by atoms with Crippen LogP contribution in [0.25, 0.3) is 10.8 Å². The zero-order valence-corrected chi connectivity index (χ0v) is 7.99. The van der Waals surface area contributed by atoms with Gasteiger partial charge in [-0.3, -0.25) is 9.59 Å². The quantitative estimate of drug-likeness (QED) is 0.645. The van der Waals surface area contributed by atoms with Gasteiger partial charge in [0, 0.05) is 22.8 Å². The van der Waals surface area contributed by atoms with E-state index in [4.69, 9.17) is 0 Å². The number of benzene rings is 1. The van der Waals surface area contributed by atoms with Gasteiger partial charge in [0.25, 0.3) is 0 Å². The lowest BCUT2D eigenvalue weighted by atomic mass is 10.1. The number of ketones is 1. The number of hydrogen-bond acceptors (Lipinski definition) is 2. The first-order valence-corrected chi connectivity index (χ1v) is 4.85. The lowest BCUT2D eigenvalue weighted by Gasteiger charge is -1.93. The second-order valence-electron chi connectivity index (χ2n) is 3.74. The van der Waals surface area contributed by atoms with Crippen LogP contribution < -0.4 is 5.43 Å². The standard InChI is InChI=1S/C13H8O2/c14-11-6-2-5-10-12(15)7-8-3-1-4-9(11)13(8)10/h1-6H,7H2. The van der Waals surface area contributed by atoms with Crippen LogP contribution in [0.3, 0.4) is 0 Å². The van der Waals surface area contributed by atoms with Crippen LogP contribution in [0.15, 0.2) is 41.2 Å². The lowest BCUT2D eigenvalue weighted by Crippen LogP contribution is -1.94. The Morgan fingerprint density at radius 3 is 2.60 bits per heavy atom. The van der Waals surface area contributed by atoms with Crippen molar-refractivity contribution < 1.29 is 4.79 Å². The van der Waals surface area contributed by atoms with Crippen molar-refractivity contribution in [1.29, 1.82) is 0 Å². The minimum absolute atomic E-state index is 0.0206. The molecular formula is C13H8O2. The highest BCUT2D eigenvalue weighted by molar-refractivity contribution is 6.15. The van der Waals surface area contributed by atoms with Crippen molar-refractivity contribution in [3.63, 3.8) is 0 Å². The highest BCUT2D eigenvalue weighted by Gasteiger charge is 2.21. The van der Waals surface area contributed by atoms with E-state index in [-0.39, 0.29) is 11.2 Å². The molecule has 0 atom stereocenters. The van der Waals surface area contributed by atoms with Gasteiger partial charge in [0.05, 0.1) is 0 Å². The summed E-state index contributed by atoms with van der Waals surface area (Å²) in [7, 11) is 0. The minimum atomic E-state index is -0.0206. The first kappa shape index (κ1) is 8.36. The SMILES string of the molecule is O=C1Cc2cccc3c(=O)cccc1c23. The second kappa shape index (κ2) is 2.76. The van der Waals surface area contributed by atoms with E-state index in [1.54, 1.807) is 18.2 Å². The fourth-order valence-electron chi connectivity index (χ4n) is 2.18. The predicted octanol–water partition coefficient (Wildman–Crippen LogP) is 1.94. The fourth-order valence-corrected chi connectivity index (χ4v) is 2.18. The van der Waals surface area contributed by atoms with Crippen molar-refractivity contribution in [2.45, 2.75) is 6.42 Å². The molecular weight excluding hydrogens is 188 g/mol. The monoisotopic (exact) mass is 196 g/mol. The normalized spacial score (nSPS) is 13.5. The summed E-state index contributed by atoms with van der Waals surface area (Å²) in [6.07, 6.45) is 0.427. The van der Waals surface area contributed by atoms with Gasteiger partial charge in [0.2, 0.25) is 0 Å². The van der Waals surface area contributed by atoms with Gasteiger partial charge < -0.3 is 0 Å². The Bertz CT molecular complexity index is 642. The zero-order chi connectivity index (χ0) is 10.4. The van der Waals surface area contributed by atoms with Crippen LogP contribution in [0, 0.1) is 0 Å². The second-order valence-corrected chi connectivity index (χ2v) is 3.74. The van der Waals surface area contributed by atoms with Crippen LogP contribution in [-0.2, 0) is 6.42 Å². The molecule has 0 spiro atoms. The average molecular weight is 196 g/mol. The molecule has 0 amide bonds. The Labute approximate surface area is 86.2 Å². The molecule has 0 fully saturated rings. The molecule has 0 radical (unpaired) electrons. The summed E-state index contributed by atoms with van der Waals surface area (Å²) in [6.45, 7) is 0. The van der Waals surface area contributed by atoms with Crippen LogP contribution in [0.2, 0.25) is 0 Å². The van der Waals surface area contributed by atoms with Gasteiger partial charge >= 0.3 is 0 Å². The summed E-state index contributed by atoms with van der Waals surface area (Å²) in [5.74, 6) is 0.108. The molecule has 15 heavy (non-hydrogen) atoms. The summed E-state index contributed by atoms with van der Waals surface area (Å²) >= 11 is 0. The Morgan fingerprint density at radius 1 is 0.933 bits per heavy atom. The number of carbonyl (C=O) groups excluding carboxylic acids is 1. The van der Waals surface area contributed by atoms with Gasteiger partial charge in [-0.2, -0.15) is 0 Å². The summed E-state index contributed by atoms with van der Waals surface area (Å²) in [5, 5.41) is 1.50. The third kappa shape index (κ3) is 1.05. The van der Waals surface area contributed by atoms with Gasteiger partial charge in [-0.05, 0) is 11.6 Å². The predicted molar refractivity (Wildman–Crippen MR) is 58.3 cm³/mol. The maximum Gasteiger partial charge on any atom is 0.186 e. The number of rotatable bonds is 0. The van der Waals surface area contributed by atoms with Crippen molar-refractivity contribution in [2.75, 3.05) is 0 Å². The molecule has 2 aromatic rings. The van der Waals surface area contributed by atoms with Crippen LogP contribution in [-0.4, -0.2) is 5.78 Å². The number of hydrogen-bond donors (Lipinski definition) is 0.